The number of hydrogen-bond donors (Lipinski definition) is 1. The molecule has 4 nitrogen and oxygen atoms in total. The van der Waals surface area contributed by atoms with Crippen LogP contribution in [0.1, 0.15) is 12.8 Å². The highest BCUT2D eigenvalue weighted by molar-refractivity contribution is 9.10. The molecule has 0 spiro atoms. The van der Waals surface area contributed by atoms with E-state index in [9.17, 15) is 4.79 Å². The highest BCUT2D eigenvalue weighted by atomic mass is 79.9. The largest absolute Gasteiger partial charge is 0.359 e. The molecule has 1 N–H and O–H groups in total. The summed E-state index contributed by atoms with van der Waals surface area (Å²) in [6.45, 7) is 0.881. The summed E-state index contributed by atoms with van der Waals surface area (Å²) in [4.78, 5) is 14.0. The van der Waals surface area contributed by atoms with E-state index in [1.165, 1.54) is 0 Å². The van der Waals surface area contributed by atoms with Gasteiger partial charge in [0, 0.05) is 16.7 Å². The zero-order valence-corrected chi connectivity index (χ0v) is 12.5. The van der Waals surface area contributed by atoms with Crippen molar-refractivity contribution >= 4 is 39.1 Å². The number of benzene rings is 1. The second-order valence-electron chi connectivity index (χ2n) is 4.33. The van der Waals surface area contributed by atoms with Gasteiger partial charge in [-0.2, -0.15) is 5.26 Å². The molecule has 1 aromatic rings. The molecule has 19 heavy (non-hydrogen) atoms. The Morgan fingerprint density at radius 2 is 2.42 bits per heavy atom. The number of carbonyl (C=O) groups is 1. The van der Waals surface area contributed by atoms with Crippen LogP contribution in [0.3, 0.4) is 0 Å². The lowest BCUT2D eigenvalue weighted by atomic mass is 10.2. The summed E-state index contributed by atoms with van der Waals surface area (Å²) in [5, 5.41) is 11.8. The second-order valence-corrected chi connectivity index (χ2v) is 5.59. The lowest BCUT2D eigenvalue weighted by molar-refractivity contribution is -0.121. The van der Waals surface area contributed by atoms with Crippen molar-refractivity contribution in [3.05, 3.63) is 27.7 Å². The first-order valence-electron chi connectivity index (χ1n) is 6.00. The van der Waals surface area contributed by atoms with E-state index in [1.807, 2.05) is 29.2 Å². The van der Waals surface area contributed by atoms with E-state index in [2.05, 4.69) is 21.2 Å². The fraction of sp³-hybridized carbons (Fsp3) is 0.385. The number of halogens is 2. The zero-order valence-electron chi connectivity index (χ0n) is 10.2. The molecule has 0 aromatic heterocycles. The molecule has 1 aliphatic heterocycles. The number of nitrogens with zero attached hydrogens (tertiary/aromatic N) is 2. The van der Waals surface area contributed by atoms with Crippen LogP contribution in [-0.2, 0) is 4.79 Å². The number of rotatable bonds is 3. The first-order valence-corrected chi connectivity index (χ1v) is 7.17. The van der Waals surface area contributed by atoms with Gasteiger partial charge in [0.2, 0.25) is 5.91 Å². The number of hydrogen-bond acceptors (Lipinski definition) is 3. The van der Waals surface area contributed by atoms with Crippen molar-refractivity contribution in [1.82, 2.24) is 5.32 Å². The highest BCUT2D eigenvalue weighted by Gasteiger charge is 2.30. The van der Waals surface area contributed by atoms with E-state index >= 15 is 0 Å². The Morgan fingerprint density at radius 3 is 3.11 bits per heavy atom. The Bertz CT molecular complexity index is 529. The Hall–Kier alpha value is -1.25. The molecule has 6 heteroatoms. The van der Waals surface area contributed by atoms with Crippen LogP contribution in [-0.4, -0.2) is 25.0 Å². The third-order valence-electron chi connectivity index (χ3n) is 3.13. The SMILES string of the molecule is N#CCNC(=O)[C@H]1CCCN1c1ccc(Cl)c(Br)c1. The van der Waals surface area contributed by atoms with Gasteiger partial charge in [-0.05, 0) is 47.0 Å². The minimum atomic E-state index is -0.207. The summed E-state index contributed by atoms with van der Waals surface area (Å²) in [7, 11) is 0. The Kier molecular flexibility index (Phi) is 4.67. The van der Waals surface area contributed by atoms with E-state index in [1.54, 1.807) is 0 Å². The molecule has 100 valence electrons. The average Bonchev–Trinajstić information content (AvgIpc) is 2.88. The summed E-state index contributed by atoms with van der Waals surface area (Å²) >= 11 is 9.36. The topological polar surface area (TPSA) is 56.1 Å². The van der Waals surface area contributed by atoms with Gasteiger partial charge in [0.1, 0.15) is 12.6 Å². The molecular formula is C13H13BrClN3O. The lowest BCUT2D eigenvalue weighted by Crippen LogP contribution is -2.43. The van der Waals surface area contributed by atoms with Gasteiger partial charge in [-0.15, -0.1) is 0 Å². The van der Waals surface area contributed by atoms with Crippen molar-refractivity contribution in [2.45, 2.75) is 18.9 Å². The highest BCUT2D eigenvalue weighted by Crippen LogP contribution is 2.31. The van der Waals surface area contributed by atoms with Gasteiger partial charge in [0.15, 0.2) is 0 Å². The van der Waals surface area contributed by atoms with Crippen LogP contribution in [0.2, 0.25) is 5.02 Å². The molecule has 0 bridgehead atoms. The van der Waals surface area contributed by atoms with Gasteiger partial charge in [0.25, 0.3) is 0 Å². The van der Waals surface area contributed by atoms with Crippen LogP contribution in [0.5, 0.6) is 0 Å². The number of carbonyl (C=O) groups excluding carboxylic acids is 1. The van der Waals surface area contributed by atoms with Crippen LogP contribution < -0.4 is 10.2 Å². The van der Waals surface area contributed by atoms with Gasteiger partial charge in [0.05, 0.1) is 11.1 Å². The molecule has 1 atom stereocenters. The van der Waals surface area contributed by atoms with Gasteiger partial charge >= 0.3 is 0 Å². The van der Waals surface area contributed by atoms with Crippen LogP contribution in [0.15, 0.2) is 22.7 Å². The molecule has 1 heterocycles. The predicted octanol–water partition coefficient (Wildman–Crippen LogP) is 2.71. The Balaban J connectivity index is 2.16. The maximum atomic E-state index is 12.0. The van der Waals surface area contributed by atoms with Crippen molar-refractivity contribution in [2.75, 3.05) is 18.0 Å². The van der Waals surface area contributed by atoms with Crippen LogP contribution >= 0.6 is 27.5 Å². The van der Waals surface area contributed by atoms with E-state index < -0.39 is 0 Å². The molecule has 1 amide bonds. The van der Waals surface area contributed by atoms with Crippen LogP contribution in [0.25, 0.3) is 0 Å². The van der Waals surface area contributed by atoms with Crippen molar-refractivity contribution in [1.29, 1.82) is 5.26 Å². The molecule has 1 saturated heterocycles. The van der Waals surface area contributed by atoms with E-state index in [-0.39, 0.29) is 18.5 Å². The first-order chi connectivity index (χ1) is 9.13. The maximum absolute atomic E-state index is 12.0. The fourth-order valence-corrected chi connectivity index (χ4v) is 2.74. The van der Waals surface area contributed by atoms with Gasteiger partial charge < -0.3 is 10.2 Å². The fourth-order valence-electron chi connectivity index (χ4n) is 2.26. The van der Waals surface area contributed by atoms with Crippen molar-refractivity contribution in [3.63, 3.8) is 0 Å². The van der Waals surface area contributed by atoms with Crippen molar-refractivity contribution in [2.24, 2.45) is 0 Å². The summed E-state index contributed by atoms with van der Waals surface area (Å²) < 4.78 is 0.815. The Labute approximate surface area is 125 Å². The Morgan fingerprint density at radius 1 is 1.63 bits per heavy atom. The van der Waals surface area contributed by atoms with Crippen molar-refractivity contribution < 1.29 is 4.79 Å². The van der Waals surface area contributed by atoms with Crippen LogP contribution in [0, 0.1) is 11.3 Å². The third kappa shape index (κ3) is 3.20. The monoisotopic (exact) mass is 341 g/mol. The number of anilines is 1. The molecule has 0 saturated carbocycles. The quantitative estimate of drug-likeness (QED) is 0.859. The van der Waals surface area contributed by atoms with Gasteiger partial charge in [-0.1, -0.05) is 11.6 Å². The minimum Gasteiger partial charge on any atom is -0.359 e. The molecule has 1 aliphatic rings. The first kappa shape index (κ1) is 14.2. The molecule has 1 aromatic carbocycles. The van der Waals surface area contributed by atoms with E-state index in [0.717, 1.165) is 29.5 Å². The molecule has 0 radical (unpaired) electrons. The molecule has 0 unspecified atom stereocenters. The zero-order chi connectivity index (χ0) is 13.8. The lowest BCUT2D eigenvalue weighted by Gasteiger charge is -2.26. The standard InChI is InChI=1S/C13H13BrClN3O/c14-10-8-9(3-4-11(10)15)18-7-1-2-12(18)13(19)17-6-5-16/h3-4,8,12H,1-2,6-7H2,(H,17,19)/t12-/m1/s1. The van der Waals surface area contributed by atoms with Crippen LogP contribution in [0.4, 0.5) is 5.69 Å². The molecule has 0 aliphatic carbocycles. The maximum Gasteiger partial charge on any atom is 0.243 e. The van der Waals surface area contributed by atoms with Gasteiger partial charge in [-0.3, -0.25) is 4.79 Å². The summed E-state index contributed by atoms with van der Waals surface area (Å²) in [5.74, 6) is -0.0925. The third-order valence-corrected chi connectivity index (χ3v) is 4.35. The minimum absolute atomic E-state index is 0.0491. The molecule has 1 fully saturated rings. The molecule has 2 rings (SSSR count). The normalized spacial score (nSPS) is 18.2. The van der Waals surface area contributed by atoms with Gasteiger partial charge in [-0.25, -0.2) is 0 Å². The van der Waals surface area contributed by atoms with Crippen molar-refractivity contribution in [3.8, 4) is 6.07 Å². The number of amides is 1. The molecular weight excluding hydrogens is 330 g/mol. The average molecular weight is 343 g/mol. The number of nitriles is 1. The number of nitrogens with one attached hydrogen (secondary N) is 1. The smallest absolute Gasteiger partial charge is 0.243 e. The predicted molar refractivity (Wildman–Crippen MR) is 78.1 cm³/mol. The van der Waals surface area contributed by atoms with E-state index in [4.69, 9.17) is 16.9 Å². The summed E-state index contributed by atoms with van der Waals surface area (Å²) in [6, 6.07) is 7.34. The summed E-state index contributed by atoms with van der Waals surface area (Å²) in [6.07, 6.45) is 1.77. The summed E-state index contributed by atoms with van der Waals surface area (Å²) in [5.41, 5.74) is 0.964. The van der Waals surface area contributed by atoms with E-state index in [0.29, 0.717) is 5.02 Å². The second kappa shape index (κ2) is 6.27.